The highest BCUT2D eigenvalue weighted by atomic mass is 32.2. The highest BCUT2D eigenvalue weighted by Crippen LogP contribution is 2.36. The largest absolute Gasteiger partial charge is 0.497 e. The van der Waals surface area contributed by atoms with E-state index in [0.29, 0.717) is 11.3 Å². The van der Waals surface area contributed by atoms with Crippen LogP contribution in [0.1, 0.15) is 39.5 Å². The molecule has 2 heterocycles. The predicted molar refractivity (Wildman–Crippen MR) is 144 cm³/mol. The number of ether oxygens (including phenoxy) is 6. The summed E-state index contributed by atoms with van der Waals surface area (Å²) in [6, 6.07) is 8.42. The Hall–Kier alpha value is -4.42. The lowest BCUT2D eigenvalue weighted by atomic mass is 9.97. The molecule has 2 aromatic rings. The Bertz CT molecular complexity index is 1450. The Kier molecular flexibility index (Phi) is 10.7. The number of aromatic nitrogens is 2. The first-order valence-corrected chi connectivity index (χ1v) is 13.7. The van der Waals surface area contributed by atoms with Gasteiger partial charge in [0.15, 0.2) is 29.7 Å². The number of carbonyl (C=O) groups excluding carboxylic acids is 4. The van der Waals surface area contributed by atoms with Crippen molar-refractivity contribution in [2.75, 3.05) is 20.0 Å². The van der Waals surface area contributed by atoms with Crippen LogP contribution in [-0.2, 0) is 42.9 Å². The average Bonchev–Trinajstić information content (AvgIpc) is 2.93. The minimum atomic E-state index is -1.56. The van der Waals surface area contributed by atoms with E-state index in [1.807, 2.05) is 6.07 Å². The van der Waals surface area contributed by atoms with Gasteiger partial charge in [-0.2, -0.15) is 5.26 Å². The van der Waals surface area contributed by atoms with Crippen LogP contribution in [0.2, 0.25) is 0 Å². The van der Waals surface area contributed by atoms with Crippen LogP contribution in [0.15, 0.2) is 34.2 Å². The fourth-order valence-electron chi connectivity index (χ4n) is 4.35. The van der Waals surface area contributed by atoms with Gasteiger partial charge in [0, 0.05) is 33.3 Å². The summed E-state index contributed by atoms with van der Waals surface area (Å²) in [5.74, 6) is -2.61. The molecule has 0 amide bonds. The number of thioether (sulfide) groups is 1. The summed E-state index contributed by atoms with van der Waals surface area (Å²) < 4.78 is 33.7. The standard InChI is InChI=1S/C27H29N3O11S/c1-13(31)37-12-20-22(38-14(2)32)23(39-15(3)33)24(40-16(4)34)26(41-20)30-25(35)19(11-28)21(29-27(30)42-6)17-7-9-18(36-5)10-8-17/h7-10,20,22-24,26H,12H2,1-6H3/t20-,22+,23+,24-,26-/m1/s1. The zero-order valence-electron chi connectivity index (χ0n) is 23.6. The lowest BCUT2D eigenvalue weighted by molar-refractivity contribution is -0.270. The van der Waals surface area contributed by atoms with E-state index in [1.54, 1.807) is 30.5 Å². The number of esters is 4. The summed E-state index contributed by atoms with van der Waals surface area (Å²) in [4.78, 5) is 66.5. The van der Waals surface area contributed by atoms with Gasteiger partial charge in [-0.3, -0.25) is 28.5 Å². The molecule has 14 nitrogen and oxygen atoms in total. The molecule has 3 rings (SSSR count). The summed E-state index contributed by atoms with van der Waals surface area (Å²) in [7, 11) is 1.49. The van der Waals surface area contributed by atoms with E-state index in [4.69, 9.17) is 28.4 Å². The fourth-order valence-corrected chi connectivity index (χ4v) is 4.92. The van der Waals surface area contributed by atoms with Crippen LogP contribution in [0.4, 0.5) is 0 Å². The second-order valence-corrected chi connectivity index (χ2v) is 9.70. The van der Waals surface area contributed by atoms with Gasteiger partial charge in [0.1, 0.15) is 30.1 Å². The second-order valence-electron chi connectivity index (χ2n) is 8.93. The SMILES string of the molecule is COc1ccc(-c2nc(SC)n([C@@H]3O[C@H](COC(C)=O)[C@H](OC(C)=O)[C@H](OC(C)=O)[C@H]3OC(C)=O)c(=O)c2C#N)cc1. The Morgan fingerprint density at radius 3 is 2.02 bits per heavy atom. The Morgan fingerprint density at radius 1 is 0.952 bits per heavy atom. The second kappa shape index (κ2) is 14.0. The molecule has 0 N–H and O–H groups in total. The zero-order chi connectivity index (χ0) is 31.1. The normalized spacial score (nSPS) is 21.4. The van der Waals surface area contributed by atoms with E-state index >= 15 is 0 Å². The lowest BCUT2D eigenvalue weighted by Crippen LogP contribution is -2.61. The molecule has 5 atom stereocenters. The monoisotopic (exact) mass is 603 g/mol. The van der Waals surface area contributed by atoms with Gasteiger partial charge >= 0.3 is 23.9 Å². The molecule has 0 aliphatic carbocycles. The lowest BCUT2D eigenvalue weighted by Gasteiger charge is -2.45. The molecule has 224 valence electrons. The first kappa shape index (κ1) is 32.1. The molecule has 0 saturated carbocycles. The predicted octanol–water partition coefficient (Wildman–Crippen LogP) is 1.77. The molecule has 0 radical (unpaired) electrons. The third kappa shape index (κ3) is 7.25. The summed E-state index contributed by atoms with van der Waals surface area (Å²) in [5, 5.41) is 10.1. The number of nitrogens with zero attached hydrogens (tertiary/aromatic N) is 3. The van der Waals surface area contributed by atoms with Crippen molar-refractivity contribution >= 4 is 35.6 Å². The highest BCUT2D eigenvalue weighted by molar-refractivity contribution is 7.98. The maximum atomic E-state index is 14.0. The molecule has 0 unspecified atom stereocenters. The smallest absolute Gasteiger partial charge is 0.303 e. The number of hydrogen-bond acceptors (Lipinski definition) is 14. The van der Waals surface area contributed by atoms with Gasteiger partial charge in [-0.1, -0.05) is 11.8 Å². The van der Waals surface area contributed by atoms with Crippen LogP contribution in [0, 0.1) is 11.3 Å². The molecule has 1 aromatic heterocycles. The van der Waals surface area contributed by atoms with Gasteiger partial charge in [-0.25, -0.2) is 4.98 Å². The minimum Gasteiger partial charge on any atom is -0.497 e. The van der Waals surface area contributed by atoms with E-state index in [9.17, 15) is 29.2 Å². The molecule has 0 spiro atoms. The van der Waals surface area contributed by atoms with Crippen LogP contribution < -0.4 is 10.3 Å². The molecule has 42 heavy (non-hydrogen) atoms. The van der Waals surface area contributed by atoms with Gasteiger partial charge in [-0.05, 0) is 30.5 Å². The van der Waals surface area contributed by atoms with Gasteiger partial charge in [0.05, 0.1) is 12.8 Å². The number of methoxy groups -OCH3 is 1. The van der Waals surface area contributed by atoms with Crippen LogP contribution in [0.5, 0.6) is 5.75 Å². The van der Waals surface area contributed by atoms with Gasteiger partial charge in [-0.15, -0.1) is 0 Å². The van der Waals surface area contributed by atoms with Crippen molar-refractivity contribution in [1.29, 1.82) is 5.26 Å². The van der Waals surface area contributed by atoms with Crippen molar-refractivity contribution in [3.63, 3.8) is 0 Å². The quantitative estimate of drug-likeness (QED) is 0.175. The molecular weight excluding hydrogens is 574 g/mol. The average molecular weight is 604 g/mol. The number of hydrogen-bond donors (Lipinski definition) is 0. The van der Waals surface area contributed by atoms with Crippen LogP contribution in [0.25, 0.3) is 11.3 Å². The summed E-state index contributed by atoms with van der Waals surface area (Å²) >= 11 is 1.02. The van der Waals surface area contributed by atoms with Gasteiger partial charge in [0.2, 0.25) is 0 Å². The van der Waals surface area contributed by atoms with E-state index in [0.717, 1.165) is 44.0 Å². The maximum Gasteiger partial charge on any atom is 0.303 e. The summed E-state index contributed by atoms with van der Waals surface area (Å²) in [5.41, 5.74) is -0.681. The molecule has 1 aliphatic rings. The van der Waals surface area contributed by atoms with Crippen LogP contribution in [0.3, 0.4) is 0 Å². The molecule has 1 fully saturated rings. The summed E-state index contributed by atoms with van der Waals surface area (Å²) in [6.45, 7) is 3.92. The van der Waals surface area contributed by atoms with Crippen molar-refractivity contribution in [3.8, 4) is 23.1 Å². The number of benzene rings is 1. The van der Waals surface area contributed by atoms with Crippen molar-refractivity contribution in [1.82, 2.24) is 9.55 Å². The number of rotatable bonds is 9. The Morgan fingerprint density at radius 2 is 1.52 bits per heavy atom. The zero-order valence-corrected chi connectivity index (χ0v) is 24.5. The number of carbonyl (C=O) groups is 4. The van der Waals surface area contributed by atoms with Crippen molar-refractivity contribution in [2.45, 2.75) is 63.5 Å². The molecule has 1 aliphatic heterocycles. The topological polar surface area (TPSA) is 182 Å². The van der Waals surface area contributed by atoms with Crippen molar-refractivity contribution in [3.05, 3.63) is 40.2 Å². The third-order valence-electron chi connectivity index (χ3n) is 5.96. The molecular formula is C27H29N3O11S. The van der Waals surface area contributed by atoms with Crippen LogP contribution >= 0.6 is 11.8 Å². The van der Waals surface area contributed by atoms with Gasteiger partial charge < -0.3 is 28.4 Å². The molecule has 1 saturated heterocycles. The Balaban J connectivity index is 2.28. The minimum absolute atomic E-state index is 0.0470. The van der Waals surface area contributed by atoms with E-state index in [-0.39, 0.29) is 16.4 Å². The number of nitriles is 1. The fraction of sp³-hybridized carbons (Fsp3) is 0.444. The third-order valence-corrected chi connectivity index (χ3v) is 6.61. The van der Waals surface area contributed by atoms with E-state index in [2.05, 4.69) is 4.98 Å². The van der Waals surface area contributed by atoms with E-state index < -0.39 is 66.7 Å². The highest BCUT2D eigenvalue weighted by Gasteiger charge is 2.53. The maximum absolute atomic E-state index is 14.0. The molecule has 1 aromatic carbocycles. The molecule has 15 heteroatoms. The van der Waals surface area contributed by atoms with E-state index in [1.165, 1.54) is 7.11 Å². The Labute approximate surface area is 244 Å². The van der Waals surface area contributed by atoms with Crippen molar-refractivity contribution in [2.24, 2.45) is 0 Å². The molecule has 0 bridgehead atoms. The van der Waals surface area contributed by atoms with Gasteiger partial charge in [0.25, 0.3) is 5.56 Å². The van der Waals surface area contributed by atoms with Crippen molar-refractivity contribution < 1.29 is 47.6 Å². The first-order chi connectivity index (χ1) is 19.9. The first-order valence-electron chi connectivity index (χ1n) is 12.5. The van der Waals surface area contributed by atoms with Crippen LogP contribution in [-0.4, -0.2) is 77.8 Å². The summed E-state index contributed by atoms with van der Waals surface area (Å²) in [6.07, 6.45) is -5.73.